The molecule has 0 spiro atoms. The van der Waals surface area contributed by atoms with Crippen molar-refractivity contribution in [3.05, 3.63) is 53.8 Å². The molecule has 2 heterocycles. The lowest BCUT2D eigenvalue weighted by Gasteiger charge is -2.20. The fourth-order valence-corrected chi connectivity index (χ4v) is 2.95. The number of benzene rings is 2. The molecule has 3 aromatic rings. The number of carbonyl (C=O) groups excluding carboxylic acids is 2. The largest absolute Gasteiger partial charge is 0.454 e. The Morgan fingerprint density at radius 3 is 2.50 bits per heavy atom. The van der Waals surface area contributed by atoms with Crippen LogP contribution in [0.3, 0.4) is 0 Å². The van der Waals surface area contributed by atoms with Crippen molar-refractivity contribution in [3.8, 4) is 11.5 Å². The third-order valence-electron chi connectivity index (χ3n) is 4.16. The lowest BCUT2D eigenvalue weighted by Crippen LogP contribution is -2.40. The average molecular weight is 380 g/mol. The van der Waals surface area contributed by atoms with Crippen LogP contribution in [-0.2, 0) is 0 Å². The summed E-state index contributed by atoms with van der Waals surface area (Å²) in [6.07, 6.45) is 0. The third-order valence-corrected chi connectivity index (χ3v) is 4.16. The van der Waals surface area contributed by atoms with Gasteiger partial charge in [0.05, 0.1) is 0 Å². The molecular weight excluding hydrogens is 360 g/mol. The summed E-state index contributed by atoms with van der Waals surface area (Å²) < 4.78 is 16.3. The predicted molar refractivity (Wildman–Crippen MR) is 104 cm³/mol. The zero-order chi connectivity index (χ0) is 19.9. The molecule has 1 aliphatic heterocycles. The second-order valence-electron chi connectivity index (χ2n) is 7.53. The van der Waals surface area contributed by atoms with Crippen LogP contribution in [0.2, 0.25) is 0 Å². The summed E-state index contributed by atoms with van der Waals surface area (Å²) in [6, 6.07) is 12.1. The van der Waals surface area contributed by atoms with E-state index in [1.807, 2.05) is 26.8 Å². The minimum Gasteiger partial charge on any atom is -0.454 e. The molecule has 144 valence electrons. The highest BCUT2D eigenvalue weighted by Gasteiger charge is 2.26. The van der Waals surface area contributed by atoms with Gasteiger partial charge >= 0.3 is 0 Å². The first-order chi connectivity index (χ1) is 13.3. The first-order valence-corrected chi connectivity index (χ1v) is 8.87. The number of hydrogen-bond acceptors (Lipinski definition) is 5. The van der Waals surface area contributed by atoms with Crippen LogP contribution in [0.1, 0.15) is 41.7 Å². The molecule has 1 aromatic heterocycles. The van der Waals surface area contributed by atoms with Crippen LogP contribution in [0, 0.1) is 0 Å². The molecule has 7 nitrogen and oxygen atoms in total. The Labute approximate surface area is 161 Å². The molecule has 2 N–H and O–H groups in total. The standard InChI is InChI=1S/C21H20N2O5/c1-21(2,3)23-20(25)18-17(13-6-4-5-7-14(13)28-18)22-19(24)12-8-9-15-16(10-12)27-11-26-15/h4-10H,11H2,1-3H3,(H,22,24)(H,23,25). The van der Waals surface area contributed by atoms with E-state index in [0.29, 0.717) is 33.7 Å². The molecular formula is C21H20N2O5. The van der Waals surface area contributed by atoms with Crippen LogP contribution in [-0.4, -0.2) is 24.1 Å². The van der Waals surface area contributed by atoms with Gasteiger partial charge in [0, 0.05) is 16.5 Å². The lowest BCUT2D eigenvalue weighted by atomic mass is 10.1. The molecule has 0 aliphatic carbocycles. The molecule has 2 amide bonds. The minimum absolute atomic E-state index is 0.0604. The number of amides is 2. The zero-order valence-electron chi connectivity index (χ0n) is 15.8. The fraction of sp³-hybridized carbons (Fsp3) is 0.238. The first kappa shape index (κ1) is 17.9. The van der Waals surface area contributed by atoms with Crippen molar-refractivity contribution in [3.63, 3.8) is 0 Å². The summed E-state index contributed by atoms with van der Waals surface area (Å²) in [5.74, 6) is 0.385. The van der Waals surface area contributed by atoms with E-state index in [1.54, 1.807) is 36.4 Å². The van der Waals surface area contributed by atoms with Crippen molar-refractivity contribution < 1.29 is 23.5 Å². The van der Waals surface area contributed by atoms with Crippen molar-refractivity contribution in [2.24, 2.45) is 0 Å². The maximum atomic E-state index is 12.8. The molecule has 0 saturated heterocycles. The van der Waals surface area contributed by atoms with Gasteiger partial charge in [0.25, 0.3) is 11.8 Å². The summed E-state index contributed by atoms with van der Waals surface area (Å²) in [5, 5.41) is 6.33. The number of carbonyl (C=O) groups is 2. The maximum Gasteiger partial charge on any atom is 0.289 e. The molecule has 2 aromatic carbocycles. The SMILES string of the molecule is CC(C)(C)NC(=O)c1oc2ccccc2c1NC(=O)c1ccc2c(c1)OCO2. The van der Waals surface area contributed by atoms with Crippen molar-refractivity contribution in [1.29, 1.82) is 0 Å². The van der Waals surface area contributed by atoms with E-state index in [4.69, 9.17) is 13.9 Å². The number of hydrogen-bond donors (Lipinski definition) is 2. The summed E-state index contributed by atoms with van der Waals surface area (Å²) in [4.78, 5) is 25.6. The van der Waals surface area contributed by atoms with Gasteiger partial charge in [0.1, 0.15) is 11.3 Å². The van der Waals surface area contributed by atoms with E-state index in [1.165, 1.54) is 0 Å². The fourth-order valence-electron chi connectivity index (χ4n) is 2.95. The van der Waals surface area contributed by atoms with Gasteiger partial charge in [0.15, 0.2) is 11.5 Å². The van der Waals surface area contributed by atoms with E-state index in [9.17, 15) is 9.59 Å². The molecule has 0 radical (unpaired) electrons. The average Bonchev–Trinajstić information content (AvgIpc) is 3.24. The number of nitrogens with one attached hydrogen (secondary N) is 2. The van der Waals surface area contributed by atoms with Crippen LogP contribution in [0.5, 0.6) is 11.5 Å². The Hall–Kier alpha value is -3.48. The Balaban J connectivity index is 1.70. The number of ether oxygens (including phenoxy) is 2. The highest BCUT2D eigenvalue weighted by Crippen LogP contribution is 2.34. The molecule has 0 saturated carbocycles. The normalized spacial score (nSPS) is 12.8. The van der Waals surface area contributed by atoms with E-state index in [-0.39, 0.29) is 18.5 Å². The Morgan fingerprint density at radius 1 is 0.964 bits per heavy atom. The highest BCUT2D eigenvalue weighted by atomic mass is 16.7. The second-order valence-corrected chi connectivity index (χ2v) is 7.53. The Kier molecular flexibility index (Phi) is 4.22. The molecule has 1 aliphatic rings. The molecule has 0 atom stereocenters. The first-order valence-electron chi connectivity index (χ1n) is 8.87. The van der Waals surface area contributed by atoms with Gasteiger partial charge in [0.2, 0.25) is 12.6 Å². The van der Waals surface area contributed by atoms with Crippen molar-refractivity contribution in [2.45, 2.75) is 26.3 Å². The highest BCUT2D eigenvalue weighted by molar-refractivity contribution is 6.14. The predicted octanol–water partition coefficient (Wildman–Crippen LogP) is 3.94. The maximum absolute atomic E-state index is 12.8. The third kappa shape index (κ3) is 3.38. The van der Waals surface area contributed by atoms with Gasteiger partial charge in [-0.3, -0.25) is 9.59 Å². The Bertz CT molecular complexity index is 1080. The molecule has 4 rings (SSSR count). The number of fused-ring (bicyclic) bond motifs is 2. The van der Waals surface area contributed by atoms with E-state index in [2.05, 4.69) is 10.6 Å². The smallest absolute Gasteiger partial charge is 0.289 e. The van der Waals surface area contributed by atoms with Gasteiger partial charge < -0.3 is 24.5 Å². The van der Waals surface area contributed by atoms with Gasteiger partial charge in [-0.15, -0.1) is 0 Å². The van der Waals surface area contributed by atoms with E-state index >= 15 is 0 Å². The summed E-state index contributed by atoms with van der Waals surface area (Å²) in [7, 11) is 0. The molecule has 0 bridgehead atoms. The monoisotopic (exact) mass is 380 g/mol. The van der Waals surface area contributed by atoms with Crippen LogP contribution in [0.4, 0.5) is 5.69 Å². The van der Waals surface area contributed by atoms with Crippen molar-refractivity contribution in [1.82, 2.24) is 5.32 Å². The van der Waals surface area contributed by atoms with Crippen LogP contribution < -0.4 is 20.1 Å². The van der Waals surface area contributed by atoms with Gasteiger partial charge in [-0.25, -0.2) is 0 Å². The van der Waals surface area contributed by atoms with Crippen LogP contribution in [0.25, 0.3) is 11.0 Å². The zero-order valence-corrected chi connectivity index (χ0v) is 15.8. The number of para-hydroxylation sites is 1. The minimum atomic E-state index is -0.450. The number of rotatable bonds is 3. The van der Waals surface area contributed by atoms with Crippen molar-refractivity contribution in [2.75, 3.05) is 12.1 Å². The summed E-state index contributed by atoms with van der Waals surface area (Å²) in [6.45, 7) is 5.75. The summed E-state index contributed by atoms with van der Waals surface area (Å²) >= 11 is 0. The molecule has 0 unspecified atom stereocenters. The Morgan fingerprint density at radius 2 is 1.71 bits per heavy atom. The van der Waals surface area contributed by atoms with Crippen LogP contribution in [0.15, 0.2) is 46.9 Å². The number of anilines is 1. The quantitative estimate of drug-likeness (QED) is 0.718. The second kappa shape index (κ2) is 6.60. The number of furan rings is 1. The van der Waals surface area contributed by atoms with E-state index in [0.717, 1.165) is 0 Å². The topological polar surface area (TPSA) is 89.8 Å². The van der Waals surface area contributed by atoms with Crippen LogP contribution >= 0.6 is 0 Å². The molecule has 0 fully saturated rings. The van der Waals surface area contributed by atoms with Gasteiger partial charge in [-0.05, 0) is 51.1 Å². The van der Waals surface area contributed by atoms with Gasteiger partial charge in [-0.1, -0.05) is 12.1 Å². The van der Waals surface area contributed by atoms with E-state index < -0.39 is 11.4 Å². The lowest BCUT2D eigenvalue weighted by molar-refractivity contribution is 0.0894. The van der Waals surface area contributed by atoms with Gasteiger partial charge in [-0.2, -0.15) is 0 Å². The molecule has 7 heteroatoms. The molecule has 28 heavy (non-hydrogen) atoms. The summed E-state index contributed by atoms with van der Waals surface area (Å²) in [5.41, 5.74) is 0.786. The van der Waals surface area contributed by atoms with Crippen molar-refractivity contribution >= 4 is 28.5 Å².